The highest BCUT2D eigenvalue weighted by Gasteiger charge is 2.10. The molecule has 0 bridgehead atoms. The quantitative estimate of drug-likeness (QED) is 0.0854. The molecule has 0 saturated carbocycles. The van der Waals surface area contributed by atoms with Crippen LogP contribution < -0.4 is 9.47 Å². The van der Waals surface area contributed by atoms with Crippen LogP contribution in [0.1, 0.15) is 81.1 Å². The van der Waals surface area contributed by atoms with Crippen LogP contribution in [0.5, 0.6) is 11.5 Å². The average Bonchev–Trinajstić information content (AvgIpc) is 2.93. The normalized spacial score (nSPS) is 11.6. The fraction of sp³-hybridized carbons (Fsp3) is 0.382. The summed E-state index contributed by atoms with van der Waals surface area (Å²) in [5.41, 5.74) is 4.12. The standard InChI is InChI=1S/C34H42O3/c1-4-6-7-8-9-10-11-12-25-36-32-21-23-33(24-22-32)37-34(35)31-19-17-30(18-20-31)29-15-13-28(14-16-29)26-27(3)5-2/h4,13-24,27H,1,5-12,25-26H2,2-3H3/t27-/m0/s1. The van der Waals surface area contributed by atoms with Gasteiger partial charge in [0.2, 0.25) is 0 Å². The molecule has 3 nitrogen and oxygen atoms in total. The molecule has 37 heavy (non-hydrogen) atoms. The van der Waals surface area contributed by atoms with Gasteiger partial charge in [0.25, 0.3) is 0 Å². The highest BCUT2D eigenvalue weighted by atomic mass is 16.5. The second-order valence-corrected chi connectivity index (χ2v) is 9.90. The molecule has 0 aliphatic carbocycles. The number of carbonyl (C=O) groups is 1. The van der Waals surface area contributed by atoms with Crippen LogP contribution in [0.3, 0.4) is 0 Å². The van der Waals surface area contributed by atoms with Crippen LogP contribution in [0.4, 0.5) is 0 Å². The molecule has 0 aromatic heterocycles. The molecule has 0 saturated heterocycles. The van der Waals surface area contributed by atoms with Crippen molar-refractivity contribution in [2.24, 2.45) is 5.92 Å². The van der Waals surface area contributed by atoms with E-state index in [0.29, 0.717) is 23.8 Å². The van der Waals surface area contributed by atoms with Crippen molar-refractivity contribution < 1.29 is 14.3 Å². The highest BCUT2D eigenvalue weighted by molar-refractivity contribution is 5.91. The maximum atomic E-state index is 12.6. The summed E-state index contributed by atoms with van der Waals surface area (Å²) in [6, 6.07) is 23.6. The van der Waals surface area contributed by atoms with Crippen LogP contribution in [0.25, 0.3) is 11.1 Å². The number of benzene rings is 3. The Kier molecular flexibility index (Phi) is 12.0. The zero-order valence-electron chi connectivity index (χ0n) is 22.6. The monoisotopic (exact) mass is 498 g/mol. The summed E-state index contributed by atoms with van der Waals surface area (Å²) in [5.74, 6) is 1.64. The Morgan fingerprint density at radius 2 is 1.35 bits per heavy atom. The lowest BCUT2D eigenvalue weighted by molar-refractivity contribution is 0.0734. The topological polar surface area (TPSA) is 35.5 Å². The van der Waals surface area contributed by atoms with Gasteiger partial charge in [0, 0.05) is 0 Å². The van der Waals surface area contributed by atoms with E-state index in [-0.39, 0.29) is 5.97 Å². The number of rotatable bonds is 16. The van der Waals surface area contributed by atoms with Gasteiger partial charge in [0.15, 0.2) is 0 Å². The van der Waals surface area contributed by atoms with Crippen molar-refractivity contribution in [3.8, 4) is 22.6 Å². The van der Waals surface area contributed by atoms with Crippen molar-refractivity contribution in [2.75, 3.05) is 6.61 Å². The maximum absolute atomic E-state index is 12.6. The minimum absolute atomic E-state index is 0.364. The molecule has 0 fully saturated rings. The summed E-state index contributed by atoms with van der Waals surface area (Å²) in [4.78, 5) is 12.6. The summed E-state index contributed by atoms with van der Waals surface area (Å²) < 4.78 is 11.4. The second kappa shape index (κ2) is 15.7. The highest BCUT2D eigenvalue weighted by Crippen LogP contribution is 2.23. The molecule has 3 heteroatoms. The Balaban J connectivity index is 1.41. The van der Waals surface area contributed by atoms with Crippen molar-refractivity contribution in [2.45, 2.75) is 71.6 Å². The molecular weight excluding hydrogens is 456 g/mol. The minimum Gasteiger partial charge on any atom is -0.494 e. The van der Waals surface area contributed by atoms with E-state index in [9.17, 15) is 4.79 Å². The van der Waals surface area contributed by atoms with Gasteiger partial charge in [-0.2, -0.15) is 0 Å². The molecule has 196 valence electrons. The van der Waals surface area contributed by atoms with Crippen LogP contribution in [0.15, 0.2) is 85.5 Å². The summed E-state index contributed by atoms with van der Waals surface area (Å²) in [6.07, 6.45) is 12.7. The molecule has 0 radical (unpaired) electrons. The Morgan fingerprint density at radius 3 is 1.97 bits per heavy atom. The zero-order valence-corrected chi connectivity index (χ0v) is 22.6. The van der Waals surface area contributed by atoms with E-state index in [1.165, 1.54) is 44.1 Å². The van der Waals surface area contributed by atoms with Gasteiger partial charge in [0.05, 0.1) is 12.2 Å². The first kappa shape index (κ1) is 28.2. The first-order chi connectivity index (χ1) is 18.1. The van der Waals surface area contributed by atoms with Crippen LogP contribution >= 0.6 is 0 Å². The predicted molar refractivity (Wildman–Crippen MR) is 154 cm³/mol. The number of ether oxygens (including phenoxy) is 2. The van der Waals surface area contributed by atoms with Crippen LogP contribution in [0.2, 0.25) is 0 Å². The average molecular weight is 499 g/mol. The van der Waals surface area contributed by atoms with Crippen molar-refractivity contribution in [1.29, 1.82) is 0 Å². The van der Waals surface area contributed by atoms with Gasteiger partial charge < -0.3 is 9.47 Å². The summed E-state index contributed by atoms with van der Waals surface area (Å²) in [7, 11) is 0. The Hall–Kier alpha value is -3.33. The molecule has 1 atom stereocenters. The van der Waals surface area contributed by atoms with Crippen molar-refractivity contribution in [1.82, 2.24) is 0 Å². The SMILES string of the molecule is C=CCCCCCCCCOc1ccc(OC(=O)c2ccc(-c3ccc(C[C@@H](C)CC)cc3)cc2)cc1. The third-order valence-corrected chi connectivity index (χ3v) is 6.79. The lowest BCUT2D eigenvalue weighted by Crippen LogP contribution is -2.08. The summed E-state index contributed by atoms with van der Waals surface area (Å²) in [6.45, 7) is 8.98. The lowest BCUT2D eigenvalue weighted by atomic mass is 9.96. The molecule has 0 aliphatic heterocycles. The van der Waals surface area contributed by atoms with Gasteiger partial charge >= 0.3 is 5.97 Å². The number of hydrogen-bond acceptors (Lipinski definition) is 3. The molecule has 3 aromatic carbocycles. The Labute approximate surface area is 223 Å². The van der Waals surface area contributed by atoms with Gasteiger partial charge in [-0.3, -0.25) is 0 Å². The number of allylic oxidation sites excluding steroid dienone is 1. The third kappa shape index (κ3) is 9.92. The first-order valence-electron chi connectivity index (χ1n) is 13.8. The van der Waals surface area contributed by atoms with Gasteiger partial charge in [0.1, 0.15) is 11.5 Å². The Bertz CT molecular complexity index is 1070. The molecule has 0 unspecified atom stereocenters. The van der Waals surface area contributed by atoms with E-state index >= 15 is 0 Å². The first-order valence-corrected chi connectivity index (χ1v) is 13.8. The van der Waals surface area contributed by atoms with E-state index in [1.807, 2.05) is 42.5 Å². The number of carbonyl (C=O) groups excluding carboxylic acids is 1. The summed E-state index contributed by atoms with van der Waals surface area (Å²) >= 11 is 0. The van der Waals surface area contributed by atoms with Crippen molar-refractivity contribution in [3.05, 3.63) is 96.6 Å². The van der Waals surface area contributed by atoms with Gasteiger partial charge in [-0.25, -0.2) is 4.79 Å². The molecule has 0 amide bonds. The maximum Gasteiger partial charge on any atom is 0.343 e. The van der Waals surface area contributed by atoms with Crippen LogP contribution in [-0.2, 0) is 6.42 Å². The molecule has 0 aliphatic rings. The summed E-state index contributed by atoms with van der Waals surface area (Å²) in [5, 5.41) is 0. The zero-order chi connectivity index (χ0) is 26.3. The molecular formula is C34H42O3. The van der Waals surface area contributed by atoms with E-state index in [2.05, 4.69) is 44.7 Å². The van der Waals surface area contributed by atoms with E-state index in [4.69, 9.17) is 9.47 Å². The fourth-order valence-electron chi connectivity index (χ4n) is 4.24. The molecule has 3 aromatic rings. The largest absolute Gasteiger partial charge is 0.494 e. The molecule has 0 heterocycles. The van der Waals surface area contributed by atoms with Crippen LogP contribution in [0, 0.1) is 5.92 Å². The number of unbranched alkanes of at least 4 members (excludes halogenated alkanes) is 6. The van der Waals surface area contributed by atoms with Gasteiger partial charge in [-0.15, -0.1) is 6.58 Å². The number of hydrogen-bond donors (Lipinski definition) is 0. The molecule has 0 N–H and O–H groups in total. The predicted octanol–water partition coefficient (Wildman–Crippen LogP) is 9.46. The molecule has 3 rings (SSSR count). The third-order valence-electron chi connectivity index (χ3n) is 6.79. The second-order valence-electron chi connectivity index (χ2n) is 9.90. The molecule has 0 spiro atoms. The minimum atomic E-state index is -0.364. The van der Waals surface area contributed by atoms with Crippen molar-refractivity contribution in [3.63, 3.8) is 0 Å². The van der Waals surface area contributed by atoms with Crippen LogP contribution in [-0.4, -0.2) is 12.6 Å². The number of esters is 1. The fourth-order valence-corrected chi connectivity index (χ4v) is 4.24. The van der Waals surface area contributed by atoms with E-state index in [0.717, 1.165) is 36.1 Å². The van der Waals surface area contributed by atoms with Crippen molar-refractivity contribution >= 4 is 5.97 Å². The smallest absolute Gasteiger partial charge is 0.343 e. The van der Waals surface area contributed by atoms with E-state index in [1.54, 1.807) is 12.1 Å². The Morgan fingerprint density at radius 1 is 0.784 bits per heavy atom. The van der Waals surface area contributed by atoms with E-state index < -0.39 is 0 Å². The van der Waals surface area contributed by atoms with Gasteiger partial charge in [-0.05, 0) is 84.7 Å². The van der Waals surface area contributed by atoms with Gasteiger partial charge in [-0.1, -0.05) is 88.4 Å². The lowest BCUT2D eigenvalue weighted by Gasteiger charge is -2.10.